The summed E-state index contributed by atoms with van der Waals surface area (Å²) in [5.74, 6) is 0. The molecule has 2 rings (SSSR count). The minimum absolute atomic E-state index is 0.227. The lowest BCUT2D eigenvalue weighted by atomic mass is 10.1. The van der Waals surface area contributed by atoms with E-state index in [1.54, 1.807) is 16.9 Å². The SMILES string of the molecule is CCc1nn(C)c(CC(N)c2ccc(Cl)cn2)c1Cl. The van der Waals surface area contributed by atoms with Crippen LogP contribution in [-0.2, 0) is 19.9 Å². The molecule has 2 N–H and O–H groups in total. The van der Waals surface area contributed by atoms with Gasteiger partial charge in [-0.15, -0.1) is 0 Å². The molecule has 0 saturated heterocycles. The standard InChI is InChI=1S/C13H16Cl2N4/c1-3-10-13(15)12(19(2)18-10)6-9(16)11-5-4-8(14)7-17-11/h4-5,7,9H,3,6,16H2,1-2H3. The van der Waals surface area contributed by atoms with E-state index in [0.717, 1.165) is 23.5 Å². The molecular weight excluding hydrogens is 283 g/mol. The molecule has 0 saturated carbocycles. The summed E-state index contributed by atoms with van der Waals surface area (Å²) in [7, 11) is 1.88. The van der Waals surface area contributed by atoms with E-state index in [-0.39, 0.29) is 6.04 Å². The highest BCUT2D eigenvalue weighted by atomic mass is 35.5. The number of aryl methyl sites for hydroxylation is 2. The van der Waals surface area contributed by atoms with E-state index in [1.165, 1.54) is 0 Å². The maximum Gasteiger partial charge on any atom is 0.0850 e. The highest BCUT2D eigenvalue weighted by molar-refractivity contribution is 6.32. The second kappa shape index (κ2) is 5.90. The monoisotopic (exact) mass is 298 g/mol. The fourth-order valence-corrected chi connectivity index (χ4v) is 2.44. The van der Waals surface area contributed by atoms with E-state index < -0.39 is 0 Å². The fraction of sp³-hybridized carbons (Fsp3) is 0.385. The summed E-state index contributed by atoms with van der Waals surface area (Å²) in [4.78, 5) is 4.23. The van der Waals surface area contributed by atoms with Gasteiger partial charge in [0.1, 0.15) is 0 Å². The highest BCUT2D eigenvalue weighted by Crippen LogP contribution is 2.25. The van der Waals surface area contributed by atoms with Crippen molar-refractivity contribution in [2.75, 3.05) is 0 Å². The van der Waals surface area contributed by atoms with Crippen molar-refractivity contribution in [2.24, 2.45) is 12.8 Å². The quantitative estimate of drug-likeness (QED) is 0.944. The van der Waals surface area contributed by atoms with Crippen molar-refractivity contribution in [1.82, 2.24) is 14.8 Å². The van der Waals surface area contributed by atoms with Crippen LogP contribution in [0.3, 0.4) is 0 Å². The largest absolute Gasteiger partial charge is 0.322 e. The van der Waals surface area contributed by atoms with Crippen molar-refractivity contribution in [3.05, 3.63) is 45.5 Å². The van der Waals surface area contributed by atoms with Crippen molar-refractivity contribution in [3.8, 4) is 0 Å². The molecule has 2 aromatic heterocycles. The minimum Gasteiger partial charge on any atom is -0.322 e. The molecule has 1 atom stereocenters. The number of halogens is 2. The normalized spacial score (nSPS) is 12.7. The van der Waals surface area contributed by atoms with Crippen LogP contribution in [0, 0.1) is 0 Å². The molecule has 0 fully saturated rings. The zero-order valence-corrected chi connectivity index (χ0v) is 12.4. The molecule has 0 aliphatic heterocycles. The molecule has 0 amide bonds. The topological polar surface area (TPSA) is 56.7 Å². The third kappa shape index (κ3) is 3.08. The average Bonchev–Trinajstić information content (AvgIpc) is 2.67. The van der Waals surface area contributed by atoms with Gasteiger partial charge in [0.2, 0.25) is 0 Å². The van der Waals surface area contributed by atoms with Gasteiger partial charge in [-0.1, -0.05) is 30.1 Å². The Balaban J connectivity index is 2.21. The summed E-state index contributed by atoms with van der Waals surface area (Å²) in [5.41, 5.74) is 8.78. The first-order valence-electron chi connectivity index (χ1n) is 6.10. The van der Waals surface area contributed by atoms with Gasteiger partial charge in [0, 0.05) is 19.7 Å². The first-order valence-corrected chi connectivity index (χ1v) is 6.85. The van der Waals surface area contributed by atoms with E-state index in [2.05, 4.69) is 10.1 Å². The van der Waals surface area contributed by atoms with Gasteiger partial charge in [-0.25, -0.2) is 0 Å². The maximum absolute atomic E-state index is 6.31. The van der Waals surface area contributed by atoms with E-state index in [1.807, 2.05) is 20.0 Å². The summed E-state index contributed by atoms with van der Waals surface area (Å²) in [6.07, 6.45) is 3.00. The number of hydrogen-bond acceptors (Lipinski definition) is 3. The van der Waals surface area contributed by atoms with E-state index in [4.69, 9.17) is 28.9 Å². The predicted molar refractivity (Wildman–Crippen MR) is 77.5 cm³/mol. The molecule has 19 heavy (non-hydrogen) atoms. The van der Waals surface area contributed by atoms with E-state index in [9.17, 15) is 0 Å². The summed E-state index contributed by atoms with van der Waals surface area (Å²) in [6.45, 7) is 2.03. The first kappa shape index (κ1) is 14.3. The van der Waals surface area contributed by atoms with Gasteiger partial charge in [-0.05, 0) is 18.6 Å². The molecule has 0 radical (unpaired) electrons. The number of aromatic nitrogens is 3. The summed E-state index contributed by atoms with van der Waals surface area (Å²) >= 11 is 12.1. The molecule has 6 heteroatoms. The van der Waals surface area contributed by atoms with Crippen molar-refractivity contribution >= 4 is 23.2 Å². The van der Waals surface area contributed by atoms with E-state index >= 15 is 0 Å². The second-order valence-corrected chi connectivity index (χ2v) is 5.21. The van der Waals surface area contributed by atoms with E-state index in [0.29, 0.717) is 16.5 Å². The third-order valence-corrected chi connectivity index (χ3v) is 3.71. The van der Waals surface area contributed by atoms with Crippen LogP contribution < -0.4 is 5.73 Å². The van der Waals surface area contributed by atoms with Gasteiger partial charge in [-0.3, -0.25) is 9.67 Å². The van der Waals surface area contributed by atoms with Crippen LogP contribution in [0.1, 0.15) is 30.0 Å². The summed E-state index contributed by atoms with van der Waals surface area (Å²) in [6, 6.07) is 3.39. The number of nitrogens with zero attached hydrogens (tertiary/aromatic N) is 3. The Morgan fingerprint density at radius 3 is 2.63 bits per heavy atom. The smallest absolute Gasteiger partial charge is 0.0850 e. The minimum atomic E-state index is -0.227. The van der Waals surface area contributed by atoms with Crippen molar-refractivity contribution in [3.63, 3.8) is 0 Å². The molecule has 0 spiro atoms. The van der Waals surface area contributed by atoms with Gasteiger partial charge < -0.3 is 5.73 Å². The lowest BCUT2D eigenvalue weighted by Gasteiger charge is -2.11. The summed E-state index contributed by atoms with van der Waals surface area (Å²) < 4.78 is 1.79. The Labute approximate surface area is 122 Å². The third-order valence-electron chi connectivity index (χ3n) is 3.05. The lowest BCUT2D eigenvalue weighted by Crippen LogP contribution is -2.16. The Bertz CT molecular complexity index is 563. The van der Waals surface area contributed by atoms with Crippen LogP contribution >= 0.6 is 23.2 Å². The molecule has 2 aromatic rings. The molecule has 102 valence electrons. The van der Waals surface area contributed by atoms with Crippen molar-refractivity contribution < 1.29 is 0 Å². The zero-order chi connectivity index (χ0) is 14.0. The van der Waals surface area contributed by atoms with Gasteiger partial charge >= 0.3 is 0 Å². The number of hydrogen-bond donors (Lipinski definition) is 1. The number of pyridine rings is 1. The highest BCUT2D eigenvalue weighted by Gasteiger charge is 2.17. The van der Waals surface area contributed by atoms with Crippen LogP contribution in [0.4, 0.5) is 0 Å². The molecule has 1 unspecified atom stereocenters. The molecule has 0 aliphatic carbocycles. The molecule has 4 nitrogen and oxygen atoms in total. The molecule has 0 aliphatic rings. The van der Waals surface area contributed by atoms with Crippen molar-refractivity contribution in [2.45, 2.75) is 25.8 Å². The predicted octanol–water partition coefficient (Wildman–Crippen LogP) is 2.93. The van der Waals surface area contributed by atoms with Crippen LogP contribution in [0.25, 0.3) is 0 Å². The second-order valence-electron chi connectivity index (χ2n) is 4.40. The summed E-state index contributed by atoms with van der Waals surface area (Å²) in [5, 5.41) is 5.68. The number of nitrogens with two attached hydrogens (primary N) is 1. The molecular formula is C13H16Cl2N4. The van der Waals surface area contributed by atoms with Crippen LogP contribution in [0.15, 0.2) is 18.3 Å². The Morgan fingerprint density at radius 1 is 1.37 bits per heavy atom. The molecule has 2 heterocycles. The van der Waals surface area contributed by atoms with Gasteiger partial charge in [0.15, 0.2) is 0 Å². The zero-order valence-electron chi connectivity index (χ0n) is 10.9. The fourth-order valence-electron chi connectivity index (χ4n) is 1.96. The van der Waals surface area contributed by atoms with Gasteiger partial charge in [0.05, 0.1) is 33.2 Å². The average molecular weight is 299 g/mol. The maximum atomic E-state index is 6.31. The van der Waals surface area contributed by atoms with Crippen LogP contribution in [-0.4, -0.2) is 14.8 Å². The Hall–Kier alpha value is -1.10. The Kier molecular flexibility index (Phi) is 4.45. The van der Waals surface area contributed by atoms with Gasteiger partial charge in [0.25, 0.3) is 0 Å². The molecule has 0 aromatic carbocycles. The Morgan fingerprint density at radius 2 is 2.11 bits per heavy atom. The van der Waals surface area contributed by atoms with Crippen LogP contribution in [0.5, 0.6) is 0 Å². The van der Waals surface area contributed by atoms with Gasteiger partial charge in [-0.2, -0.15) is 5.10 Å². The lowest BCUT2D eigenvalue weighted by molar-refractivity contribution is 0.627. The first-order chi connectivity index (χ1) is 9.02. The van der Waals surface area contributed by atoms with Crippen molar-refractivity contribution in [1.29, 1.82) is 0 Å². The van der Waals surface area contributed by atoms with Crippen LogP contribution in [0.2, 0.25) is 10.0 Å². The molecule has 0 bridgehead atoms. The number of rotatable bonds is 4.